The normalized spacial score (nSPS) is 25.3. The molecule has 0 aliphatic carbocycles. The van der Waals surface area contributed by atoms with E-state index >= 15 is 0 Å². The molecular weight excluding hydrogens is 176 g/mol. The summed E-state index contributed by atoms with van der Waals surface area (Å²) in [4.78, 5) is 2.35. The molecule has 1 fully saturated rings. The van der Waals surface area contributed by atoms with Crippen LogP contribution in [-0.4, -0.2) is 42.3 Å². The van der Waals surface area contributed by atoms with Crippen LogP contribution in [0, 0.1) is 5.41 Å². The third kappa shape index (κ3) is 3.95. The van der Waals surface area contributed by atoms with Crippen LogP contribution in [0.1, 0.15) is 33.1 Å². The molecule has 1 atom stereocenters. The van der Waals surface area contributed by atoms with Crippen molar-refractivity contribution in [3.63, 3.8) is 0 Å². The largest absolute Gasteiger partial charge is 0.392 e. The Labute approximate surface area is 87.3 Å². The second kappa shape index (κ2) is 5.10. The van der Waals surface area contributed by atoms with Crippen LogP contribution in [-0.2, 0) is 0 Å². The molecule has 1 unspecified atom stereocenters. The smallest absolute Gasteiger partial charge is 0.0667 e. The average molecular weight is 200 g/mol. The van der Waals surface area contributed by atoms with Crippen LogP contribution in [0.15, 0.2) is 0 Å². The molecule has 0 saturated carbocycles. The lowest BCUT2D eigenvalue weighted by atomic mass is 9.89. The van der Waals surface area contributed by atoms with Crippen LogP contribution in [0.2, 0.25) is 0 Å². The Morgan fingerprint density at radius 3 is 2.79 bits per heavy atom. The number of likely N-dealkylation sites (tertiary alicyclic amines) is 1. The van der Waals surface area contributed by atoms with E-state index in [1.54, 1.807) is 0 Å². The van der Waals surface area contributed by atoms with Gasteiger partial charge >= 0.3 is 0 Å². The maximum Gasteiger partial charge on any atom is 0.0667 e. The van der Waals surface area contributed by atoms with Gasteiger partial charge in [-0.15, -0.1) is 0 Å². The zero-order valence-electron chi connectivity index (χ0n) is 9.50. The highest BCUT2D eigenvalue weighted by Crippen LogP contribution is 2.20. The highest BCUT2D eigenvalue weighted by molar-refractivity contribution is 4.76. The first-order valence-corrected chi connectivity index (χ1v) is 5.64. The average Bonchev–Trinajstić information content (AvgIpc) is 2.15. The van der Waals surface area contributed by atoms with Gasteiger partial charge in [0.25, 0.3) is 0 Å². The molecule has 0 aromatic carbocycles. The quantitative estimate of drug-likeness (QED) is 0.706. The number of hydrogen-bond acceptors (Lipinski definition) is 3. The van der Waals surface area contributed by atoms with E-state index < -0.39 is 0 Å². The molecule has 1 aliphatic rings. The minimum Gasteiger partial charge on any atom is -0.392 e. The van der Waals surface area contributed by atoms with Crippen molar-refractivity contribution in [1.82, 2.24) is 4.90 Å². The van der Waals surface area contributed by atoms with Gasteiger partial charge in [-0.3, -0.25) is 0 Å². The van der Waals surface area contributed by atoms with E-state index in [1.807, 2.05) is 0 Å². The molecule has 3 nitrogen and oxygen atoms in total. The number of nitrogens with zero attached hydrogens (tertiary/aromatic N) is 1. The molecule has 0 spiro atoms. The number of hydrogen-bond donors (Lipinski definition) is 2. The maximum atomic E-state index is 9.50. The Morgan fingerprint density at radius 2 is 2.21 bits per heavy atom. The fourth-order valence-electron chi connectivity index (χ4n) is 1.80. The molecule has 84 valence electrons. The van der Waals surface area contributed by atoms with E-state index in [4.69, 9.17) is 5.73 Å². The van der Waals surface area contributed by atoms with E-state index in [-0.39, 0.29) is 11.5 Å². The van der Waals surface area contributed by atoms with Crippen molar-refractivity contribution in [2.75, 3.05) is 26.2 Å². The summed E-state index contributed by atoms with van der Waals surface area (Å²) in [6, 6.07) is 0. The molecule has 0 aromatic rings. The van der Waals surface area contributed by atoms with Crippen LogP contribution >= 0.6 is 0 Å². The van der Waals surface area contributed by atoms with Gasteiger partial charge in [0.15, 0.2) is 0 Å². The monoisotopic (exact) mass is 200 g/mol. The van der Waals surface area contributed by atoms with E-state index in [0.717, 1.165) is 45.4 Å². The molecular formula is C11H24N2O. The summed E-state index contributed by atoms with van der Waals surface area (Å²) < 4.78 is 0. The number of rotatable bonds is 4. The van der Waals surface area contributed by atoms with Crippen LogP contribution in [0.5, 0.6) is 0 Å². The van der Waals surface area contributed by atoms with Crippen LogP contribution in [0.25, 0.3) is 0 Å². The van der Waals surface area contributed by atoms with Crippen molar-refractivity contribution in [3.05, 3.63) is 0 Å². The van der Waals surface area contributed by atoms with Gasteiger partial charge in [-0.25, -0.2) is 0 Å². The summed E-state index contributed by atoms with van der Waals surface area (Å²) in [6.07, 6.45) is 3.11. The Hall–Kier alpha value is -0.120. The molecule has 1 heterocycles. The standard InChI is InChI=1S/C11H24N2O/c1-11(2,9-12)5-7-13-6-3-4-10(14)8-13/h10,14H,3-9,12H2,1-2H3. The van der Waals surface area contributed by atoms with E-state index in [1.165, 1.54) is 0 Å². The van der Waals surface area contributed by atoms with Crippen LogP contribution in [0.4, 0.5) is 0 Å². The van der Waals surface area contributed by atoms with E-state index in [0.29, 0.717) is 0 Å². The Kier molecular flexibility index (Phi) is 4.35. The van der Waals surface area contributed by atoms with E-state index in [2.05, 4.69) is 18.7 Å². The zero-order chi connectivity index (χ0) is 10.6. The van der Waals surface area contributed by atoms with Gasteiger partial charge in [0.2, 0.25) is 0 Å². The number of nitrogens with two attached hydrogens (primary N) is 1. The molecule has 3 heteroatoms. The van der Waals surface area contributed by atoms with Crippen molar-refractivity contribution in [2.45, 2.75) is 39.2 Å². The Balaban J connectivity index is 2.23. The second-order valence-corrected chi connectivity index (χ2v) is 5.21. The van der Waals surface area contributed by atoms with Crippen molar-refractivity contribution < 1.29 is 5.11 Å². The van der Waals surface area contributed by atoms with Crippen molar-refractivity contribution in [2.24, 2.45) is 11.1 Å². The fourth-order valence-corrected chi connectivity index (χ4v) is 1.80. The fraction of sp³-hybridized carbons (Fsp3) is 1.00. The summed E-state index contributed by atoms with van der Waals surface area (Å²) in [5.74, 6) is 0. The molecule has 0 bridgehead atoms. The third-order valence-electron chi connectivity index (χ3n) is 3.14. The van der Waals surface area contributed by atoms with Crippen LogP contribution in [0.3, 0.4) is 0 Å². The molecule has 0 aromatic heterocycles. The lowest BCUT2D eigenvalue weighted by Crippen LogP contribution is -2.40. The molecule has 1 rings (SSSR count). The van der Waals surface area contributed by atoms with Crippen molar-refractivity contribution >= 4 is 0 Å². The van der Waals surface area contributed by atoms with Gasteiger partial charge in [0.05, 0.1) is 6.10 Å². The minimum atomic E-state index is -0.107. The first-order valence-electron chi connectivity index (χ1n) is 5.64. The van der Waals surface area contributed by atoms with Gasteiger partial charge in [-0.1, -0.05) is 13.8 Å². The van der Waals surface area contributed by atoms with Crippen molar-refractivity contribution in [3.8, 4) is 0 Å². The molecule has 0 radical (unpaired) electrons. The first-order chi connectivity index (χ1) is 6.53. The Bertz CT molecular complexity index is 171. The molecule has 0 amide bonds. The lowest BCUT2D eigenvalue weighted by Gasteiger charge is -2.32. The predicted octanol–water partition coefficient (Wildman–Crippen LogP) is 0.818. The predicted molar refractivity (Wildman–Crippen MR) is 59.1 cm³/mol. The number of aliphatic hydroxyl groups excluding tert-OH is 1. The summed E-state index contributed by atoms with van der Waals surface area (Å²) in [6.45, 7) is 8.20. The second-order valence-electron chi connectivity index (χ2n) is 5.21. The summed E-state index contributed by atoms with van der Waals surface area (Å²) in [5.41, 5.74) is 5.92. The maximum absolute atomic E-state index is 9.50. The molecule has 3 N–H and O–H groups in total. The zero-order valence-corrected chi connectivity index (χ0v) is 9.50. The minimum absolute atomic E-state index is 0.107. The molecule has 14 heavy (non-hydrogen) atoms. The number of piperidine rings is 1. The Morgan fingerprint density at radius 1 is 1.50 bits per heavy atom. The van der Waals surface area contributed by atoms with Gasteiger partial charge < -0.3 is 15.7 Å². The summed E-state index contributed by atoms with van der Waals surface area (Å²) in [7, 11) is 0. The summed E-state index contributed by atoms with van der Waals surface area (Å²) >= 11 is 0. The van der Waals surface area contributed by atoms with Gasteiger partial charge in [-0.05, 0) is 44.3 Å². The lowest BCUT2D eigenvalue weighted by molar-refractivity contribution is 0.0644. The first kappa shape index (κ1) is 12.0. The third-order valence-corrected chi connectivity index (χ3v) is 3.14. The number of β-amino-alcohol motifs (C(OH)–C–C–N with tert-alkyl or cyclic N) is 1. The SMILES string of the molecule is CC(C)(CN)CCN1CCCC(O)C1. The summed E-state index contributed by atoms with van der Waals surface area (Å²) in [5, 5.41) is 9.50. The highest BCUT2D eigenvalue weighted by atomic mass is 16.3. The van der Waals surface area contributed by atoms with Crippen molar-refractivity contribution in [1.29, 1.82) is 0 Å². The van der Waals surface area contributed by atoms with Gasteiger partial charge in [0.1, 0.15) is 0 Å². The van der Waals surface area contributed by atoms with Gasteiger partial charge in [-0.2, -0.15) is 0 Å². The molecule has 1 saturated heterocycles. The molecule has 1 aliphatic heterocycles. The highest BCUT2D eigenvalue weighted by Gasteiger charge is 2.21. The number of aliphatic hydroxyl groups is 1. The van der Waals surface area contributed by atoms with Gasteiger partial charge in [0, 0.05) is 6.54 Å². The van der Waals surface area contributed by atoms with Crippen LogP contribution < -0.4 is 5.73 Å². The van der Waals surface area contributed by atoms with E-state index in [9.17, 15) is 5.11 Å². The topological polar surface area (TPSA) is 49.5 Å².